The fraction of sp³-hybridized carbons (Fsp3) is 0.440. The molecule has 6 rings (SSSR count). The van der Waals surface area contributed by atoms with Crippen molar-refractivity contribution >= 4 is 39.7 Å². The van der Waals surface area contributed by atoms with Crippen LogP contribution in [-0.4, -0.2) is 53.0 Å². The van der Waals surface area contributed by atoms with Crippen molar-refractivity contribution in [1.82, 2.24) is 34.8 Å². The van der Waals surface area contributed by atoms with Crippen LogP contribution in [0.5, 0.6) is 0 Å². The number of benzene rings is 1. The highest BCUT2D eigenvalue weighted by Crippen LogP contribution is 2.30. The van der Waals surface area contributed by atoms with Gasteiger partial charge in [-0.25, -0.2) is 14.2 Å². The summed E-state index contributed by atoms with van der Waals surface area (Å²) in [6.07, 6.45) is 5.01. The molecule has 1 aromatic carbocycles. The highest BCUT2D eigenvalue weighted by molar-refractivity contribution is 7.99. The van der Waals surface area contributed by atoms with E-state index in [9.17, 15) is 18.8 Å². The normalized spacial score (nSPS) is 20.9. The number of hydrogen-bond acceptors (Lipinski definition) is 7. The molecule has 0 radical (unpaired) electrons. The number of amides is 1. The summed E-state index contributed by atoms with van der Waals surface area (Å²) < 4.78 is 17.0. The zero-order chi connectivity index (χ0) is 25.5. The van der Waals surface area contributed by atoms with E-state index in [-0.39, 0.29) is 40.8 Å². The van der Waals surface area contributed by atoms with Gasteiger partial charge in [-0.3, -0.25) is 18.7 Å². The lowest BCUT2D eigenvalue weighted by Gasteiger charge is -2.31. The molecule has 2 fully saturated rings. The van der Waals surface area contributed by atoms with Crippen molar-refractivity contribution in [1.29, 1.82) is 0 Å². The van der Waals surface area contributed by atoms with E-state index in [4.69, 9.17) is 0 Å². The van der Waals surface area contributed by atoms with Gasteiger partial charge in [-0.1, -0.05) is 0 Å². The topological polar surface area (TPSA) is 128 Å². The third-order valence-corrected chi connectivity index (χ3v) is 8.50. The molecule has 1 aliphatic heterocycles. The molecule has 3 aromatic heterocycles. The van der Waals surface area contributed by atoms with Crippen LogP contribution in [0.4, 0.5) is 4.39 Å². The molecule has 0 bridgehead atoms. The summed E-state index contributed by atoms with van der Waals surface area (Å²) in [5.41, 5.74) is 1.19. The molecular weight excluding hydrogens is 497 g/mol. The number of nitrogens with zero attached hydrogens (tertiary/aromatic N) is 5. The van der Waals surface area contributed by atoms with E-state index >= 15 is 0 Å². The Balaban J connectivity index is 1.25. The van der Waals surface area contributed by atoms with Crippen molar-refractivity contribution in [2.24, 2.45) is 0 Å². The third-order valence-electron chi connectivity index (χ3n) is 7.45. The Morgan fingerprint density at radius 1 is 0.973 bits per heavy atom. The van der Waals surface area contributed by atoms with E-state index in [2.05, 4.69) is 25.7 Å². The third kappa shape index (κ3) is 4.43. The molecule has 192 valence electrons. The number of aromatic nitrogens is 6. The minimum absolute atomic E-state index is 0.0706. The fourth-order valence-corrected chi connectivity index (χ4v) is 6.61. The quantitative estimate of drug-likeness (QED) is 0.421. The van der Waals surface area contributed by atoms with Crippen molar-refractivity contribution in [3.05, 3.63) is 62.7 Å². The SMILES string of the molecule is O=C(NC1CCC(n2c(=O)c3cc(F)cnc3n(C3CCSCC3)c2=O)CC1)c1ccc2n[nH]nc2c1. The Morgan fingerprint density at radius 3 is 2.49 bits per heavy atom. The van der Waals surface area contributed by atoms with Crippen molar-refractivity contribution in [2.45, 2.75) is 56.7 Å². The largest absolute Gasteiger partial charge is 0.349 e. The Hall–Kier alpha value is -3.54. The van der Waals surface area contributed by atoms with Crippen LogP contribution >= 0.6 is 11.8 Å². The van der Waals surface area contributed by atoms with Crippen LogP contribution in [-0.2, 0) is 0 Å². The molecular formula is C25H26FN7O3S. The van der Waals surface area contributed by atoms with Crippen LogP contribution in [0.2, 0.25) is 0 Å². The van der Waals surface area contributed by atoms with Gasteiger partial charge in [0.1, 0.15) is 22.5 Å². The first kappa shape index (κ1) is 23.8. The number of carbonyl (C=O) groups excluding carboxylic acids is 1. The van der Waals surface area contributed by atoms with Gasteiger partial charge < -0.3 is 5.32 Å². The summed E-state index contributed by atoms with van der Waals surface area (Å²) in [5, 5.41) is 13.8. The van der Waals surface area contributed by atoms with Gasteiger partial charge in [-0.05, 0) is 74.3 Å². The molecule has 4 aromatic rings. The Labute approximate surface area is 214 Å². The number of pyridine rings is 1. The summed E-state index contributed by atoms with van der Waals surface area (Å²) in [6.45, 7) is 0. The van der Waals surface area contributed by atoms with Gasteiger partial charge in [0.25, 0.3) is 11.5 Å². The maximum atomic E-state index is 14.1. The van der Waals surface area contributed by atoms with Gasteiger partial charge in [-0.15, -0.1) is 0 Å². The molecule has 0 unspecified atom stereocenters. The zero-order valence-corrected chi connectivity index (χ0v) is 20.8. The van der Waals surface area contributed by atoms with E-state index in [1.807, 2.05) is 11.8 Å². The predicted octanol–water partition coefficient (Wildman–Crippen LogP) is 2.95. The Morgan fingerprint density at radius 2 is 1.70 bits per heavy atom. The molecule has 4 heterocycles. The second-order valence-corrected chi connectivity index (χ2v) is 10.9. The highest BCUT2D eigenvalue weighted by atomic mass is 32.2. The first-order chi connectivity index (χ1) is 18.0. The zero-order valence-electron chi connectivity index (χ0n) is 20.0. The van der Waals surface area contributed by atoms with Gasteiger partial charge in [0.2, 0.25) is 0 Å². The summed E-state index contributed by atoms with van der Waals surface area (Å²) in [6, 6.07) is 5.85. The summed E-state index contributed by atoms with van der Waals surface area (Å²) in [5.74, 6) is 1.05. The molecule has 10 nitrogen and oxygen atoms in total. The van der Waals surface area contributed by atoms with Crippen molar-refractivity contribution in [2.75, 3.05) is 11.5 Å². The number of rotatable bonds is 4. The van der Waals surface area contributed by atoms with Crippen LogP contribution in [0.25, 0.3) is 22.1 Å². The molecule has 2 N–H and O–H groups in total. The molecule has 1 saturated heterocycles. The lowest BCUT2D eigenvalue weighted by molar-refractivity contribution is 0.0922. The van der Waals surface area contributed by atoms with Crippen LogP contribution in [0.15, 0.2) is 40.1 Å². The van der Waals surface area contributed by atoms with Gasteiger partial charge in [0.15, 0.2) is 0 Å². The molecule has 1 saturated carbocycles. The molecule has 0 spiro atoms. The summed E-state index contributed by atoms with van der Waals surface area (Å²) in [4.78, 5) is 44.1. The minimum Gasteiger partial charge on any atom is -0.349 e. The van der Waals surface area contributed by atoms with Crippen molar-refractivity contribution in [3.8, 4) is 0 Å². The lowest BCUT2D eigenvalue weighted by Crippen LogP contribution is -2.46. The van der Waals surface area contributed by atoms with E-state index in [1.165, 1.54) is 10.6 Å². The van der Waals surface area contributed by atoms with Gasteiger partial charge in [0, 0.05) is 23.7 Å². The van der Waals surface area contributed by atoms with E-state index < -0.39 is 11.4 Å². The van der Waals surface area contributed by atoms with Crippen LogP contribution in [0.1, 0.15) is 61.0 Å². The monoisotopic (exact) mass is 523 g/mol. The number of carbonyl (C=O) groups is 1. The molecule has 12 heteroatoms. The van der Waals surface area contributed by atoms with E-state index in [0.717, 1.165) is 30.5 Å². The molecule has 37 heavy (non-hydrogen) atoms. The highest BCUT2D eigenvalue weighted by Gasteiger charge is 2.30. The van der Waals surface area contributed by atoms with Crippen molar-refractivity contribution in [3.63, 3.8) is 0 Å². The first-order valence-electron chi connectivity index (χ1n) is 12.5. The maximum absolute atomic E-state index is 14.1. The average molecular weight is 524 g/mol. The Bertz CT molecular complexity index is 1600. The molecule has 2 aliphatic rings. The number of H-pyrrole nitrogens is 1. The number of hydrogen-bond donors (Lipinski definition) is 2. The van der Waals surface area contributed by atoms with Crippen molar-refractivity contribution < 1.29 is 9.18 Å². The molecule has 1 amide bonds. The van der Waals surface area contributed by atoms with Gasteiger partial charge >= 0.3 is 5.69 Å². The minimum atomic E-state index is -0.601. The standard InChI is InChI=1S/C25H26FN7O3S/c26-15-12-19-22(27-13-15)32(18-7-9-37-10-8-18)25(36)33(24(19)35)17-4-2-16(3-5-17)28-23(34)14-1-6-20-21(11-14)30-31-29-20/h1,6,11-13,16-18H,2-5,7-10H2,(H,28,34)(H,29,30,31). The second kappa shape index (κ2) is 9.73. The smallest absolute Gasteiger partial charge is 0.333 e. The van der Waals surface area contributed by atoms with Gasteiger partial charge in [-0.2, -0.15) is 27.2 Å². The number of fused-ring (bicyclic) bond motifs is 2. The number of aromatic amines is 1. The lowest BCUT2D eigenvalue weighted by atomic mass is 9.90. The van der Waals surface area contributed by atoms with E-state index in [0.29, 0.717) is 42.3 Å². The number of thioether (sulfide) groups is 1. The van der Waals surface area contributed by atoms with Gasteiger partial charge in [0.05, 0.1) is 11.6 Å². The average Bonchev–Trinajstić information content (AvgIpc) is 3.39. The molecule has 0 atom stereocenters. The maximum Gasteiger partial charge on any atom is 0.333 e. The number of halogens is 1. The first-order valence-corrected chi connectivity index (χ1v) is 13.7. The fourth-order valence-electron chi connectivity index (χ4n) is 5.53. The summed E-state index contributed by atoms with van der Waals surface area (Å²) >= 11 is 1.84. The summed E-state index contributed by atoms with van der Waals surface area (Å²) in [7, 11) is 0. The van der Waals surface area contributed by atoms with Crippen LogP contribution < -0.4 is 16.6 Å². The second-order valence-electron chi connectivity index (χ2n) is 9.70. The molecule has 1 aliphatic carbocycles. The van der Waals surface area contributed by atoms with Crippen LogP contribution in [0, 0.1) is 5.82 Å². The van der Waals surface area contributed by atoms with E-state index in [1.54, 1.807) is 22.8 Å². The Kier molecular flexibility index (Phi) is 6.27. The van der Waals surface area contributed by atoms with Crippen LogP contribution in [0.3, 0.4) is 0 Å². The predicted molar refractivity (Wildman–Crippen MR) is 138 cm³/mol. The number of nitrogens with one attached hydrogen (secondary N) is 2.